The normalized spacial score (nSPS) is 17.1. The van der Waals surface area contributed by atoms with Crippen LogP contribution in [0.15, 0.2) is 6.33 Å². The Morgan fingerprint density at radius 3 is 2.40 bits per heavy atom. The summed E-state index contributed by atoms with van der Waals surface area (Å²) in [7, 11) is -3.27. The summed E-state index contributed by atoms with van der Waals surface area (Å²) in [5, 5.41) is 8.92. The molecule has 1 fully saturated rings. The van der Waals surface area contributed by atoms with E-state index < -0.39 is 21.9 Å². The van der Waals surface area contributed by atoms with Crippen LogP contribution in [0.3, 0.4) is 0 Å². The van der Waals surface area contributed by atoms with Crippen molar-refractivity contribution < 1.29 is 23.1 Å². The molecule has 0 aliphatic carbocycles. The van der Waals surface area contributed by atoms with Gasteiger partial charge in [-0.1, -0.05) is 0 Å². The molecule has 0 unspecified atom stereocenters. The molecule has 0 spiro atoms. The standard InChI is InChI=1S/C10H14N4O5S/c1-20(18,19)14-4-2-13(3-5-14)9(15)7-8(10(16)17)12-6-11-7/h6H,2-5H2,1H3,(H,11,12)(H,16,17). The number of hydrogen-bond acceptors (Lipinski definition) is 5. The Hall–Kier alpha value is -1.94. The zero-order valence-corrected chi connectivity index (χ0v) is 11.6. The highest BCUT2D eigenvalue weighted by molar-refractivity contribution is 7.88. The summed E-state index contributed by atoms with van der Waals surface area (Å²) >= 11 is 0. The van der Waals surface area contributed by atoms with Crippen LogP contribution in [-0.2, 0) is 10.0 Å². The van der Waals surface area contributed by atoms with Gasteiger partial charge in [-0.25, -0.2) is 18.2 Å². The molecule has 0 atom stereocenters. The number of aromatic amines is 1. The number of H-pyrrole nitrogens is 1. The number of nitrogens with one attached hydrogen (secondary N) is 1. The summed E-state index contributed by atoms with van der Waals surface area (Å²) in [5.74, 6) is -1.78. The zero-order chi connectivity index (χ0) is 14.9. The van der Waals surface area contributed by atoms with Gasteiger partial charge in [-0.3, -0.25) is 4.79 Å². The summed E-state index contributed by atoms with van der Waals surface area (Å²) in [5.41, 5.74) is -0.425. The first kappa shape index (κ1) is 14.5. The van der Waals surface area contributed by atoms with E-state index in [-0.39, 0.29) is 37.6 Å². The molecule has 2 N–H and O–H groups in total. The van der Waals surface area contributed by atoms with Crippen molar-refractivity contribution in [1.29, 1.82) is 0 Å². The molecule has 10 heteroatoms. The highest BCUT2D eigenvalue weighted by Crippen LogP contribution is 2.11. The summed E-state index contributed by atoms with van der Waals surface area (Å²) in [6, 6.07) is 0. The molecule has 1 aliphatic heterocycles. The van der Waals surface area contributed by atoms with E-state index in [9.17, 15) is 18.0 Å². The van der Waals surface area contributed by atoms with E-state index in [1.807, 2.05) is 0 Å². The molecule has 1 saturated heterocycles. The van der Waals surface area contributed by atoms with E-state index in [1.54, 1.807) is 0 Å². The number of aromatic carboxylic acids is 1. The van der Waals surface area contributed by atoms with E-state index in [2.05, 4.69) is 9.97 Å². The van der Waals surface area contributed by atoms with Gasteiger partial charge >= 0.3 is 5.97 Å². The molecule has 1 aromatic heterocycles. The Bertz CT molecular complexity index is 630. The van der Waals surface area contributed by atoms with Crippen molar-refractivity contribution in [2.75, 3.05) is 32.4 Å². The Morgan fingerprint density at radius 1 is 1.30 bits per heavy atom. The number of rotatable bonds is 3. The van der Waals surface area contributed by atoms with E-state index in [4.69, 9.17) is 5.11 Å². The molecular formula is C10H14N4O5S. The van der Waals surface area contributed by atoms with Gasteiger partial charge < -0.3 is 15.0 Å². The molecular weight excluding hydrogens is 288 g/mol. The van der Waals surface area contributed by atoms with Crippen LogP contribution in [0.25, 0.3) is 0 Å². The van der Waals surface area contributed by atoms with Crippen LogP contribution in [-0.4, -0.2) is 77.0 Å². The fraction of sp³-hybridized carbons (Fsp3) is 0.500. The molecule has 0 saturated carbocycles. The monoisotopic (exact) mass is 302 g/mol. The fourth-order valence-electron chi connectivity index (χ4n) is 1.99. The maximum Gasteiger partial charge on any atom is 0.354 e. The third kappa shape index (κ3) is 2.80. The molecule has 0 radical (unpaired) electrons. The van der Waals surface area contributed by atoms with E-state index in [0.717, 1.165) is 12.6 Å². The maximum atomic E-state index is 12.2. The Balaban J connectivity index is 2.09. The van der Waals surface area contributed by atoms with Crippen molar-refractivity contribution in [3.05, 3.63) is 17.7 Å². The quantitative estimate of drug-likeness (QED) is 0.724. The predicted octanol–water partition coefficient (Wildman–Crippen LogP) is -1.17. The minimum Gasteiger partial charge on any atom is -0.477 e. The molecule has 9 nitrogen and oxygen atoms in total. The van der Waals surface area contributed by atoms with Crippen LogP contribution in [0.1, 0.15) is 21.0 Å². The summed E-state index contributed by atoms with van der Waals surface area (Å²) in [6.07, 6.45) is 2.25. The number of carbonyl (C=O) groups is 2. The molecule has 1 amide bonds. The van der Waals surface area contributed by atoms with Crippen molar-refractivity contribution in [2.45, 2.75) is 0 Å². The average Bonchev–Trinajstić information content (AvgIpc) is 2.86. The summed E-state index contributed by atoms with van der Waals surface area (Å²) in [4.78, 5) is 30.6. The highest BCUT2D eigenvalue weighted by Gasteiger charge is 2.29. The van der Waals surface area contributed by atoms with Crippen molar-refractivity contribution in [3.63, 3.8) is 0 Å². The number of carboxylic acid groups (broad SMARTS) is 1. The first-order chi connectivity index (χ1) is 9.30. The highest BCUT2D eigenvalue weighted by atomic mass is 32.2. The number of imidazole rings is 1. The minimum atomic E-state index is -3.27. The lowest BCUT2D eigenvalue weighted by atomic mass is 10.2. The van der Waals surface area contributed by atoms with Crippen molar-refractivity contribution in [1.82, 2.24) is 19.2 Å². The first-order valence-corrected chi connectivity index (χ1v) is 7.66. The molecule has 110 valence electrons. The van der Waals surface area contributed by atoms with Gasteiger partial charge in [0.2, 0.25) is 10.0 Å². The van der Waals surface area contributed by atoms with Crippen LogP contribution in [0.5, 0.6) is 0 Å². The van der Waals surface area contributed by atoms with Gasteiger partial charge in [-0.05, 0) is 0 Å². The van der Waals surface area contributed by atoms with Crippen LogP contribution >= 0.6 is 0 Å². The van der Waals surface area contributed by atoms with E-state index in [1.165, 1.54) is 9.21 Å². The van der Waals surface area contributed by atoms with Crippen LogP contribution in [0.4, 0.5) is 0 Å². The molecule has 20 heavy (non-hydrogen) atoms. The molecule has 1 aliphatic rings. The smallest absolute Gasteiger partial charge is 0.354 e. The molecule has 0 bridgehead atoms. The minimum absolute atomic E-state index is 0.162. The molecule has 1 aromatic rings. The van der Waals surface area contributed by atoms with E-state index in [0.29, 0.717) is 0 Å². The number of hydrogen-bond donors (Lipinski definition) is 2. The Kier molecular flexibility index (Phi) is 3.77. The van der Waals surface area contributed by atoms with Crippen molar-refractivity contribution >= 4 is 21.9 Å². The Morgan fingerprint density at radius 2 is 1.90 bits per heavy atom. The lowest BCUT2D eigenvalue weighted by molar-refractivity contribution is 0.0649. The number of piperazine rings is 1. The second kappa shape index (κ2) is 5.21. The molecule has 2 rings (SSSR count). The summed E-state index contributed by atoms with van der Waals surface area (Å²) in [6.45, 7) is 0.796. The fourth-order valence-corrected chi connectivity index (χ4v) is 2.82. The number of carboxylic acids is 1. The number of sulfonamides is 1. The first-order valence-electron chi connectivity index (χ1n) is 5.82. The lowest BCUT2D eigenvalue weighted by Gasteiger charge is -2.32. The SMILES string of the molecule is CS(=O)(=O)N1CCN(C(=O)c2nc[nH]c2C(=O)O)CC1. The number of amides is 1. The second-order valence-corrected chi connectivity index (χ2v) is 6.37. The van der Waals surface area contributed by atoms with Gasteiger partial charge in [0.1, 0.15) is 0 Å². The Labute approximate surface area is 115 Å². The van der Waals surface area contributed by atoms with Crippen molar-refractivity contribution in [2.24, 2.45) is 0 Å². The number of nitrogens with zero attached hydrogens (tertiary/aromatic N) is 3. The van der Waals surface area contributed by atoms with Crippen LogP contribution < -0.4 is 0 Å². The maximum absolute atomic E-state index is 12.2. The lowest BCUT2D eigenvalue weighted by Crippen LogP contribution is -2.50. The van der Waals surface area contributed by atoms with Crippen LogP contribution in [0.2, 0.25) is 0 Å². The third-order valence-corrected chi connectivity index (χ3v) is 4.35. The van der Waals surface area contributed by atoms with Crippen LogP contribution in [0, 0.1) is 0 Å². The van der Waals surface area contributed by atoms with Crippen molar-refractivity contribution in [3.8, 4) is 0 Å². The van der Waals surface area contributed by atoms with Gasteiger partial charge in [0.15, 0.2) is 11.4 Å². The van der Waals surface area contributed by atoms with Gasteiger partial charge in [-0.15, -0.1) is 0 Å². The summed E-state index contributed by atoms with van der Waals surface area (Å²) < 4.78 is 24.0. The van der Waals surface area contributed by atoms with Gasteiger partial charge in [0, 0.05) is 26.2 Å². The van der Waals surface area contributed by atoms with E-state index >= 15 is 0 Å². The van der Waals surface area contributed by atoms with Gasteiger partial charge in [0.05, 0.1) is 12.6 Å². The average molecular weight is 302 g/mol. The molecule has 2 heterocycles. The number of carbonyl (C=O) groups excluding carboxylic acids is 1. The molecule has 0 aromatic carbocycles. The largest absolute Gasteiger partial charge is 0.477 e. The predicted molar refractivity (Wildman–Crippen MR) is 67.9 cm³/mol. The third-order valence-electron chi connectivity index (χ3n) is 3.05. The second-order valence-electron chi connectivity index (χ2n) is 4.39. The zero-order valence-electron chi connectivity index (χ0n) is 10.7. The van der Waals surface area contributed by atoms with Gasteiger partial charge in [-0.2, -0.15) is 4.31 Å². The number of aromatic nitrogens is 2. The van der Waals surface area contributed by atoms with Gasteiger partial charge in [0.25, 0.3) is 5.91 Å². The topological polar surface area (TPSA) is 124 Å².